The number of nitrogens with one attached hydrogen (secondary N) is 2. The zero-order valence-corrected chi connectivity index (χ0v) is 12.3. The number of hydrogen-bond acceptors (Lipinski definition) is 3. The van der Waals surface area contributed by atoms with Crippen LogP contribution in [0, 0.1) is 0 Å². The van der Waals surface area contributed by atoms with E-state index in [1.165, 1.54) is 6.42 Å². The Morgan fingerprint density at radius 2 is 1.86 bits per heavy atom. The Labute approximate surface area is 128 Å². The van der Waals surface area contributed by atoms with Crippen LogP contribution in [0.1, 0.15) is 32.1 Å². The molecule has 116 valence electrons. The summed E-state index contributed by atoms with van der Waals surface area (Å²) < 4.78 is 0.965. The number of anilines is 1. The molecule has 1 fully saturated rings. The maximum absolute atomic E-state index is 12.5. The molecule has 0 spiro atoms. The van der Waals surface area contributed by atoms with Gasteiger partial charge in [0, 0.05) is 6.04 Å². The quantitative estimate of drug-likeness (QED) is 0.794. The second-order valence-electron chi connectivity index (χ2n) is 5.69. The van der Waals surface area contributed by atoms with Crippen LogP contribution in [0.15, 0.2) is 35.1 Å². The number of carbonyl (C=O) groups excluding carboxylic acids is 1. The molecule has 3 rings (SSSR count). The Hall–Kier alpha value is -2.50. The summed E-state index contributed by atoms with van der Waals surface area (Å²) in [7, 11) is 0. The standard InChI is InChI=1S/C16H20N4O2/c17-14-13(11-7-3-1-4-8-11)15(21)20(19-14)16(22)18-12-9-5-2-6-10-12/h1,3-4,7-8,12,19H,2,5-6,9-10,17H2,(H,18,22). The second kappa shape index (κ2) is 6.09. The summed E-state index contributed by atoms with van der Waals surface area (Å²) >= 11 is 0. The van der Waals surface area contributed by atoms with Gasteiger partial charge in [-0.15, -0.1) is 0 Å². The molecule has 1 aliphatic carbocycles. The highest BCUT2D eigenvalue weighted by Crippen LogP contribution is 2.20. The number of amides is 1. The SMILES string of the molecule is Nc1[nH]n(C(=O)NC2CCCCC2)c(=O)c1-c1ccccc1. The van der Waals surface area contributed by atoms with Crippen LogP contribution >= 0.6 is 0 Å². The summed E-state index contributed by atoms with van der Waals surface area (Å²) in [6, 6.07) is 8.81. The molecule has 0 bridgehead atoms. The normalized spacial score (nSPS) is 15.6. The number of aromatic nitrogens is 2. The molecule has 6 heteroatoms. The third-order valence-electron chi connectivity index (χ3n) is 4.12. The van der Waals surface area contributed by atoms with Gasteiger partial charge in [-0.3, -0.25) is 9.89 Å². The van der Waals surface area contributed by atoms with Gasteiger partial charge in [0.25, 0.3) is 5.56 Å². The van der Waals surface area contributed by atoms with E-state index in [1.54, 1.807) is 12.1 Å². The molecule has 0 radical (unpaired) electrons. The summed E-state index contributed by atoms with van der Waals surface area (Å²) in [6.45, 7) is 0. The first-order valence-corrected chi connectivity index (χ1v) is 7.63. The van der Waals surface area contributed by atoms with Gasteiger partial charge in [0.1, 0.15) is 5.82 Å². The van der Waals surface area contributed by atoms with Crippen molar-refractivity contribution >= 4 is 11.8 Å². The van der Waals surface area contributed by atoms with E-state index in [1.807, 2.05) is 18.2 Å². The minimum absolute atomic E-state index is 0.137. The Morgan fingerprint density at radius 3 is 2.55 bits per heavy atom. The third kappa shape index (κ3) is 2.77. The second-order valence-corrected chi connectivity index (χ2v) is 5.69. The van der Waals surface area contributed by atoms with Gasteiger partial charge in [0.05, 0.1) is 5.56 Å². The van der Waals surface area contributed by atoms with Crippen molar-refractivity contribution in [2.24, 2.45) is 0 Å². The highest BCUT2D eigenvalue weighted by atomic mass is 16.2. The number of aromatic amines is 1. The number of benzene rings is 1. The monoisotopic (exact) mass is 300 g/mol. The highest BCUT2D eigenvalue weighted by Gasteiger charge is 2.21. The highest BCUT2D eigenvalue weighted by molar-refractivity contribution is 5.81. The van der Waals surface area contributed by atoms with E-state index < -0.39 is 11.6 Å². The van der Waals surface area contributed by atoms with Crippen LogP contribution in [0.25, 0.3) is 11.1 Å². The summed E-state index contributed by atoms with van der Waals surface area (Å²) in [5.41, 5.74) is 6.50. The van der Waals surface area contributed by atoms with Crippen LogP contribution in [0.4, 0.5) is 10.6 Å². The molecule has 1 aromatic carbocycles. The molecule has 1 aromatic heterocycles. The summed E-state index contributed by atoms with van der Waals surface area (Å²) in [5, 5.41) is 5.58. The Kier molecular flexibility index (Phi) is 4.00. The number of nitrogen functional groups attached to an aromatic ring is 1. The van der Waals surface area contributed by atoms with Gasteiger partial charge >= 0.3 is 6.03 Å². The molecular weight excluding hydrogens is 280 g/mol. The lowest BCUT2D eigenvalue weighted by atomic mass is 9.96. The van der Waals surface area contributed by atoms with E-state index in [-0.39, 0.29) is 11.9 Å². The molecule has 4 N–H and O–H groups in total. The minimum atomic E-state index is -0.439. The fourth-order valence-electron chi connectivity index (χ4n) is 2.97. The van der Waals surface area contributed by atoms with Gasteiger partial charge in [-0.1, -0.05) is 49.6 Å². The van der Waals surface area contributed by atoms with Crippen molar-refractivity contribution in [2.45, 2.75) is 38.1 Å². The van der Waals surface area contributed by atoms with Gasteiger partial charge in [0.15, 0.2) is 0 Å². The van der Waals surface area contributed by atoms with Gasteiger partial charge < -0.3 is 11.1 Å². The molecule has 0 atom stereocenters. The van der Waals surface area contributed by atoms with Crippen molar-refractivity contribution < 1.29 is 4.79 Å². The number of carbonyl (C=O) groups is 1. The Morgan fingerprint density at radius 1 is 1.18 bits per heavy atom. The largest absolute Gasteiger partial charge is 0.383 e. The molecule has 1 saturated carbocycles. The zero-order chi connectivity index (χ0) is 15.5. The number of nitrogens with two attached hydrogens (primary N) is 1. The lowest BCUT2D eigenvalue weighted by Crippen LogP contribution is -2.42. The molecule has 22 heavy (non-hydrogen) atoms. The predicted octanol–water partition coefficient (Wildman–Crippen LogP) is 2.32. The fourth-order valence-corrected chi connectivity index (χ4v) is 2.97. The molecule has 0 saturated heterocycles. The van der Waals surface area contributed by atoms with E-state index in [2.05, 4.69) is 10.4 Å². The Balaban J connectivity index is 1.86. The average molecular weight is 300 g/mol. The molecule has 2 aromatic rings. The van der Waals surface area contributed by atoms with E-state index >= 15 is 0 Å². The number of rotatable bonds is 2. The van der Waals surface area contributed by atoms with Crippen LogP contribution in [0.3, 0.4) is 0 Å². The number of hydrogen-bond donors (Lipinski definition) is 3. The fraction of sp³-hybridized carbons (Fsp3) is 0.375. The van der Waals surface area contributed by atoms with Crippen molar-refractivity contribution in [1.29, 1.82) is 0 Å². The first kappa shape index (κ1) is 14.4. The van der Waals surface area contributed by atoms with Crippen molar-refractivity contribution in [3.63, 3.8) is 0 Å². The van der Waals surface area contributed by atoms with Crippen LogP contribution in [-0.4, -0.2) is 21.9 Å². The first-order chi connectivity index (χ1) is 10.7. The van der Waals surface area contributed by atoms with E-state index in [4.69, 9.17) is 5.73 Å². The summed E-state index contributed by atoms with van der Waals surface area (Å²) in [4.78, 5) is 24.8. The first-order valence-electron chi connectivity index (χ1n) is 7.63. The van der Waals surface area contributed by atoms with Gasteiger partial charge in [-0.05, 0) is 18.4 Å². The molecule has 0 unspecified atom stereocenters. The summed E-state index contributed by atoms with van der Waals surface area (Å²) in [6.07, 6.45) is 5.36. The topological polar surface area (TPSA) is 92.9 Å². The van der Waals surface area contributed by atoms with E-state index in [9.17, 15) is 9.59 Å². The molecule has 1 aliphatic rings. The van der Waals surface area contributed by atoms with Crippen LogP contribution in [0.2, 0.25) is 0 Å². The lowest BCUT2D eigenvalue weighted by Gasteiger charge is -2.22. The zero-order valence-electron chi connectivity index (χ0n) is 12.3. The van der Waals surface area contributed by atoms with Crippen LogP contribution in [-0.2, 0) is 0 Å². The van der Waals surface area contributed by atoms with Crippen molar-refractivity contribution in [3.05, 3.63) is 40.7 Å². The molecule has 1 amide bonds. The minimum Gasteiger partial charge on any atom is -0.383 e. The van der Waals surface area contributed by atoms with Gasteiger partial charge in [-0.2, -0.15) is 4.68 Å². The van der Waals surface area contributed by atoms with Crippen molar-refractivity contribution in [3.8, 4) is 11.1 Å². The molecular formula is C16H20N4O2. The molecule has 6 nitrogen and oxygen atoms in total. The predicted molar refractivity (Wildman–Crippen MR) is 85.7 cm³/mol. The van der Waals surface area contributed by atoms with Crippen molar-refractivity contribution in [2.75, 3.05) is 5.73 Å². The van der Waals surface area contributed by atoms with Gasteiger partial charge in [0.2, 0.25) is 0 Å². The van der Waals surface area contributed by atoms with E-state index in [0.717, 1.165) is 30.4 Å². The molecule has 0 aliphatic heterocycles. The smallest absolute Gasteiger partial charge is 0.343 e. The lowest BCUT2D eigenvalue weighted by molar-refractivity contribution is 0.230. The van der Waals surface area contributed by atoms with Crippen LogP contribution < -0.4 is 16.6 Å². The third-order valence-corrected chi connectivity index (χ3v) is 4.12. The van der Waals surface area contributed by atoms with Crippen molar-refractivity contribution in [1.82, 2.24) is 15.1 Å². The maximum atomic E-state index is 12.5. The Bertz CT molecular complexity index is 711. The number of H-pyrrole nitrogens is 1. The maximum Gasteiger partial charge on any atom is 0.343 e. The average Bonchev–Trinajstić information content (AvgIpc) is 2.84. The van der Waals surface area contributed by atoms with Gasteiger partial charge in [-0.25, -0.2) is 4.79 Å². The number of nitrogens with zero attached hydrogens (tertiary/aromatic N) is 1. The van der Waals surface area contributed by atoms with Crippen LogP contribution in [0.5, 0.6) is 0 Å². The molecule has 1 heterocycles. The summed E-state index contributed by atoms with van der Waals surface area (Å²) in [5.74, 6) is 0.204. The van der Waals surface area contributed by atoms with E-state index in [0.29, 0.717) is 11.1 Å².